The Bertz CT molecular complexity index is 457. The molecule has 0 amide bonds. The van der Waals surface area contributed by atoms with E-state index in [4.69, 9.17) is 0 Å². The third-order valence-electron chi connectivity index (χ3n) is 4.89. The van der Waals surface area contributed by atoms with E-state index in [2.05, 4.69) is 48.1 Å². The van der Waals surface area contributed by atoms with Crippen molar-refractivity contribution in [3.8, 4) is 0 Å². The fraction of sp³-hybridized carbons (Fsp3) is 0.706. The SMILES string of the molecule is CCCNC1CC2CCC(C1)N2c1ccc(C)nc1C. The molecule has 0 radical (unpaired) electrons. The lowest BCUT2D eigenvalue weighted by atomic mass is 9.96. The molecule has 1 aromatic rings. The van der Waals surface area contributed by atoms with Crippen LogP contribution in [0, 0.1) is 13.8 Å². The van der Waals surface area contributed by atoms with E-state index in [9.17, 15) is 0 Å². The van der Waals surface area contributed by atoms with E-state index in [1.807, 2.05) is 0 Å². The first-order chi connectivity index (χ1) is 9.69. The van der Waals surface area contributed by atoms with Crippen molar-refractivity contribution >= 4 is 5.69 Å². The Labute approximate surface area is 122 Å². The van der Waals surface area contributed by atoms with Gasteiger partial charge in [0, 0.05) is 23.8 Å². The second-order valence-electron chi connectivity index (χ2n) is 6.47. The van der Waals surface area contributed by atoms with E-state index >= 15 is 0 Å². The largest absolute Gasteiger partial charge is 0.364 e. The first-order valence-electron chi connectivity index (χ1n) is 8.15. The molecule has 2 saturated heterocycles. The average Bonchev–Trinajstić information content (AvgIpc) is 2.68. The molecule has 110 valence electrons. The first-order valence-corrected chi connectivity index (χ1v) is 8.15. The third-order valence-corrected chi connectivity index (χ3v) is 4.89. The number of nitrogens with one attached hydrogen (secondary N) is 1. The zero-order valence-corrected chi connectivity index (χ0v) is 13.0. The zero-order chi connectivity index (χ0) is 14.1. The van der Waals surface area contributed by atoms with Crippen molar-refractivity contribution in [2.45, 2.75) is 71.0 Å². The van der Waals surface area contributed by atoms with Gasteiger partial charge in [0.1, 0.15) is 0 Å². The summed E-state index contributed by atoms with van der Waals surface area (Å²) in [6.07, 6.45) is 6.52. The highest BCUT2D eigenvalue weighted by molar-refractivity contribution is 5.54. The molecule has 0 spiro atoms. The fourth-order valence-corrected chi connectivity index (χ4v) is 4.04. The van der Waals surface area contributed by atoms with Gasteiger partial charge in [-0.15, -0.1) is 0 Å². The van der Waals surface area contributed by atoms with E-state index in [1.54, 1.807) is 0 Å². The topological polar surface area (TPSA) is 28.2 Å². The monoisotopic (exact) mass is 273 g/mol. The van der Waals surface area contributed by atoms with Crippen LogP contribution in [0.4, 0.5) is 5.69 Å². The Morgan fingerprint density at radius 3 is 2.50 bits per heavy atom. The van der Waals surface area contributed by atoms with Crippen molar-refractivity contribution in [2.24, 2.45) is 0 Å². The van der Waals surface area contributed by atoms with Crippen molar-refractivity contribution in [3.05, 3.63) is 23.5 Å². The van der Waals surface area contributed by atoms with Gasteiger partial charge in [-0.05, 0) is 64.6 Å². The summed E-state index contributed by atoms with van der Waals surface area (Å²) in [6, 6.07) is 6.59. The maximum Gasteiger partial charge on any atom is 0.0609 e. The molecule has 2 fully saturated rings. The van der Waals surface area contributed by atoms with Crippen molar-refractivity contribution in [3.63, 3.8) is 0 Å². The third kappa shape index (κ3) is 2.56. The summed E-state index contributed by atoms with van der Waals surface area (Å²) in [5.41, 5.74) is 3.69. The molecule has 3 heterocycles. The molecule has 2 aliphatic heterocycles. The van der Waals surface area contributed by atoms with Gasteiger partial charge >= 0.3 is 0 Å². The van der Waals surface area contributed by atoms with Gasteiger partial charge in [0.25, 0.3) is 0 Å². The minimum Gasteiger partial charge on any atom is -0.364 e. The zero-order valence-electron chi connectivity index (χ0n) is 13.0. The second kappa shape index (κ2) is 5.72. The molecule has 0 aromatic carbocycles. The summed E-state index contributed by atoms with van der Waals surface area (Å²) in [5.74, 6) is 0. The van der Waals surface area contributed by atoms with Crippen LogP contribution in [-0.4, -0.2) is 29.7 Å². The van der Waals surface area contributed by atoms with Gasteiger partial charge in [0.05, 0.1) is 11.4 Å². The van der Waals surface area contributed by atoms with E-state index in [-0.39, 0.29) is 0 Å². The summed E-state index contributed by atoms with van der Waals surface area (Å²) >= 11 is 0. The number of hydrogen-bond acceptors (Lipinski definition) is 3. The number of anilines is 1. The summed E-state index contributed by atoms with van der Waals surface area (Å²) in [7, 11) is 0. The van der Waals surface area contributed by atoms with Gasteiger partial charge < -0.3 is 10.2 Å². The van der Waals surface area contributed by atoms with Gasteiger partial charge in [0.2, 0.25) is 0 Å². The van der Waals surface area contributed by atoms with Crippen molar-refractivity contribution in [2.75, 3.05) is 11.4 Å². The van der Waals surface area contributed by atoms with Gasteiger partial charge in [-0.25, -0.2) is 0 Å². The highest BCUT2D eigenvalue weighted by Gasteiger charge is 2.41. The Balaban J connectivity index is 1.76. The number of hydrogen-bond donors (Lipinski definition) is 1. The van der Waals surface area contributed by atoms with Crippen molar-refractivity contribution in [1.29, 1.82) is 0 Å². The Hall–Kier alpha value is -1.09. The maximum atomic E-state index is 4.66. The van der Waals surface area contributed by atoms with Crippen molar-refractivity contribution in [1.82, 2.24) is 10.3 Å². The Kier molecular flexibility index (Phi) is 3.97. The molecule has 3 nitrogen and oxygen atoms in total. The highest BCUT2D eigenvalue weighted by Crippen LogP contribution is 2.40. The molecular weight excluding hydrogens is 246 g/mol. The van der Waals surface area contributed by atoms with Crippen LogP contribution in [0.3, 0.4) is 0 Å². The average molecular weight is 273 g/mol. The van der Waals surface area contributed by atoms with Crippen LogP contribution in [0.15, 0.2) is 12.1 Å². The molecule has 0 saturated carbocycles. The summed E-state index contributed by atoms with van der Waals surface area (Å²) < 4.78 is 0. The first kappa shape index (κ1) is 13.9. The summed E-state index contributed by atoms with van der Waals surface area (Å²) in [6.45, 7) is 7.64. The molecule has 0 aliphatic carbocycles. The van der Waals surface area contributed by atoms with Crippen LogP contribution in [-0.2, 0) is 0 Å². The number of nitrogens with zero attached hydrogens (tertiary/aromatic N) is 2. The van der Waals surface area contributed by atoms with E-state index in [0.717, 1.165) is 18.3 Å². The van der Waals surface area contributed by atoms with Crippen LogP contribution < -0.4 is 10.2 Å². The normalized spacial score (nSPS) is 28.9. The molecule has 1 aromatic heterocycles. The molecule has 2 unspecified atom stereocenters. The van der Waals surface area contributed by atoms with Crippen molar-refractivity contribution < 1.29 is 0 Å². The minimum atomic E-state index is 0.714. The predicted octanol–water partition coefficient (Wildman–Crippen LogP) is 3.20. The minimum absolute atomic E-state index is 0.714. The number of aryl methyl sites for hydroxylation is 2. The van der Waals surface area contributed by atoms with Gasteiger partial charge in [-0.3, -0.25) is 4.98 Å². The highest BCUT2D eigenvalue weighted by atomic mass is 15.2. The molecule has 2 bridgehead atoms. The summed E-state index contributed by atoms with van der Waals surface area (Å²) in [5, 5.41) is 3.73. The van der Waals surface area contributed by atoms with Crippen LogP contribution in [0.25, 0.3) is 0 Å². The maximum absolute atomic E-state index is 4.66. The lowest BCUT2D eigenvalue weighted by molar-refractivity contribution is 0.356. The van der Waals surface area contributed by atoms with E-state index < -0.39 is 0 Å². The molecule has 1 N–H and O–H groups in total. The number of rotatable bonds is 4. The molecule has 20 heavy (non-hydrogen) atoms. The fourth-order valence-electron chi connectivity index (χ4n) is 4.04. The number of aromatic nitrogens is 1. The number of piperidine rings is 1. The lowest BCUT2D eigenvalue weighted by Gasteiger charge is -2.41. The standard InChI is InChI=1S/C17H27N3/c1-4-9-18-14-10-15-6-7-16(11-14)20(15)17-8-5-12(2)19-13(17)3/h5,8,14-16,18H,4,6-7,9-11H2,1-3H3. The second-order valence-corrected chi connectivity index (χ2v) is 6.47. The lowest BCUT2D eigenvalue weighted by Crippen LogP contribution is -2.49. The molecular formula is C17H27N3. The van der Waals surface area contributed by atoms with Crippen LogP contribution >= 0.6 is 0 Å². The molecule has 3 rings (SSSR count). The molecule has 2 aliphatic rings. The van der Waals surface area contributed by atoms with E-state index in [0.29, 0.717) is 12.1 Å². The predicted molar refractivity (Wildman–Crippen MR) is 84.3 cm³/mol. The van der Waals surface area contributed by atoms with Gasteiger partial charge in [0.15, 0.2) is 0 Å². The van der Waals surface area contributed by atoms with Crippen LogP contribution in [0.5, 0.6) is 0 Å². The molecule has 2 atom stereocenters. The van der Waals surface area contributed by atoms with Gasteiger partial charge in [-0.2, -0.15) is 0 Å². The Morgan fingerprint density at radius 2 is 1.90 bits per heavy atom. The van der Waals surface area contributed by atoms with Crippen LogP contribution in [0.2, 0.25) is 0 Å². The quantitative estimate of drug-likeness (QED) is 0.913. The number of pyridine rings is 1. The smallest absolute Gasteiger partial charge is 0.0609 e. The molecule has 3 heteroatoms. The van der Waals surface area contributed by atoms with Gasteiger partial charge in [-0.1, -0.05) is 6.92 Å². The van der Waals surface area contributed by atoms with Crippen LogP contribution in [0.1, 0.15) is 50.4 Å². The van der Waals surface area contributed by atoms with E-state index in [1.165, 1.54) is 43.5 Å². The Morgan fingerprint density at radius 1 is 1.20 bits per heavy atom. The number of fused-ring (bicyclic) bond motifs is 2. The summed E-state index contributed by atoms with van der Waals surface area (Å²) in [4.78, 5) is 7.33.